The van der Waals surface area contributed by atoms with Crippen molar-refractivity contribution >= 4 is 11.4 Å². The number of halogens is 1. The summed E-state index contributed by atoms with van der Waals surface area (Å²) in [4.78, 5) is 9.41. The fraction of sp³-hybridized carbons (Fsp3) is 0.143. The van der Waals surface area contributed by atoms with E-state index in [9.17, 15) is 14.5 Å². The Hall–Kier alpha value is -1.65. The second-order valence-electron chi connectivity index (χ2n) is 2.44. The summed E-state index contributed by atoms with van der Waals surface area (Å²) in [5.41, 5.74) is 5.01. The monoisotopic (exact) mass is 170 g/mol. The number of benzene rings is 1. The Labute approximate surface area is 68.0 Å². The van der Waals surface area contributed by atoms with Gasteiger partial charge in [-0.1, -0.05) is 0 Å². The van der Waals surface area contributed by atoms with Crippen LogP contribution in [0.4, 0.5) is 15.8 Å². The number of nitrogen functional groups attached to an aromatic ring is 1. The number of nitro groups is 1. The van der Waals surface area contributed by atoms with Gasteiger partial charge in [-0.15, -0.1) is 0 Å². The predicted molar refractivity (Wildman–Crippen MR) is 42.2 cm³/mol. The first-order valence-electron chi connectivity index (χ1n) is 3.22. The molecule has 0 spiro atoms. The van der Waals surface area contributed by atoms with Crippen molar-refractivity contribution in [1.82, 2.24) is 0 Å². The van der Waals surface area contributed by atoms with Gasteiger partial charge in [-0.05, 0) is 24.6 Å². The van der Waals surface area contributed by atoms with Crippen LogP contribution in [0.3, 0.4) is 0 Å². The van der Waals surface area contributed by atoms with Crippen LogP contribution in [-0.2, 0) is 0 Å². The van der Waals surface area contributed by atoms with Crippen molar-refractivity contribution in [2.75, 3.05) is 5.73 Å². The van der Waals surface area contributed by atoms with Gasteiger partial charge in [0.05, 0.1) is 4.92 Å². The first-order valence-corrected chi connectivity index (χ1v) is 3.22. The highest BCUT2D eigenvalue weighted by Gasteiger charge is 2.18. The van der Waals surface area contributed by atoms with E-state index in [1.165, 1.54) is 6.07 Å². The number of nitrogens with two attached hydrogens (primary N) is 1. The standard InChI is InChI=1S/C7H7FN2O2/c1-4-2-5(8)7(10(11)12)6(9)3-4/h2-3H,9H2,1H3. The smallest absolute Gasteiger partial charge is 0.327 e. The van der Waals surface area contributed by atoms with Crippen LogP contribution in [-0.4, -0.2) is 4.92 Å². The van der Waals surface area contributed by atoms with E-state index < -0.39 is 16.4 Å². The lowest BCUT2D eigenvalue weighted by atomic mass is 10.2. The van der Waals surface area contributed by atoms with Gasteiger partial charge in [-0.25, -0.2) is 0 Å². The number of anilines is 1. The molecule has 1 aromatic rings. The number of nitro benzene ring substituents is 1. The molecule has 0 aliphatic heterocycles. The van der Waals surface area contributed by atoms with Crippen LogP contribution in [0.25, 0.3) is 0 Å². The molecule has 0 atom stereocenters. The molecule has 0 saturated heterocycles. The Bertz CT molecular complexity index is 315. The molecule has 0 aliphatic rings. The molecular formula is C7H7FN2O2. The molecule has 0 aromatic heterocycles. The van der Waals surface area contributed by atoms with E-state index in [1.807, 2.05) is 0 Å². The summed E-state index contributed by atoms with van der Waals surface area (Å²) in [7, 11) is 0. The average molecular weight is 170 g/mol. The largest absolute Gasteiger partial charge is 0.393 e. The zero-order valence-electron chi connectivity index (χ0n) is 6.37. The van der Waals surface area contributed by atoms with Crippen LogP contribution in [0, 0.1) is 22.9 Å². The molecule has 5 heteroatoms. The summed E-state index contributed by atoms with van der Waals surface area (Å²) in [6, 6.07) is 2.44. The van der Waals surface area contributed by atoms with Crippen LogP contribution >= 0.6 is 0 Å². The van der Waals surface area contributed by atoms with Gasteiger partial charge in [0.1, 0.15) is 5.69 Å². The van der Waals surface area contributed by atoms with Gasteiger partial charge in [0.2, 0.25) is 5.82 Å². The van der Waals surface area contributed by atoms with Gasteiger partial charge in [0, 0.05) is 0 Å². The quantitative estimate of drug-likeness (QED) is 0.395. The molecule has 12 heavy (non-hydrogen) atoms. The van der Waals surface area contributed by atoms with Gasteiger partial charge in [0.25, 0.3) is 0 Å². The first kappa shape index (κ1) is 8.45. The molecule has 0 bridgehead atoms. The first-order chi connectivity index (χ1) is 5.52. The van der Waals surface area contributed by atoms with Gasteiger partial charge in [-0.3, -0.25) is 10.1 Å². The number of hydrogen-bond acceptors (Lipinski definition) is 3. The zero-order valence-corrected chi connectivity index (χ0v) is 6.37. The second-order valence-corrected chi connectivity index (χ2v) is 2.44. The second kappa shape index (κ2) is 2.77. The molecule has 0 amide bonds. The molecule has 0 fully saturated rings. The third kappa shape index (κ3) is 1.34. The van der Waals surface area contributed by atoms with E-state index in [0.29, 0.717) is 5.56 Å². The van der Waals surface area contributed by atoms with Crippen molar-refractivity contribution in [3.05, 3.63) is 33.6 Å². The number of nitrogens with zero attached hydrogens (tertiary/aromatic N) is 1. The highest BCUT2D eigenvalue weighted by atomic mass is 19.1. The van der Waals surface area contributed by atoms with Gasteiger partial charge in [-0.2, -0.15) is 4.39 Å². The Morgan fingerprint density at radius 2 is 2.17 bits per heavy atom. The Kier molecular flexibility index (Phi) is 1.95. The summed E-state index contributed by atoms with van der Waals surface area (Å²) in [5, 5.41) is 10.2. The van der Waals surface area contributed by atoms with Crippen LogP contribution in [0.15, 0.2) is 12.1 Å². The van der Waals surface area contributed by atoms with Crippen molar-refractivity contribution in [2.45, 2.75) is 6.92 Å². The lowest BCUT2D eigenvalue weighted by Gasteiger charge is -1.99. The van der Waals surface area contributed by atoms with Crippen molar-refractivity contribution in [3.8, 4) is 0 Å². The Morgan fingerprint density at radius 3 is 2.58 bits per heavy atom. The molecule has 1 aromatic carbocycles. The molecular weight excluding hydrogens is 163 g/mol. The lowest BCUT2D eigenvalue weighted by Crippen LogP contribution is -1.99. The Morgan fingerprint density at radius 1 is 1.58 bits per heavy atom. The topological polar surface area (TPSA) is 69.2 Å². The van der Waals surface area contributed by atoms with E-state index in [0.717, 1.165) is 6.07 Å². The molecule has 4 nitrogen and oxygen atoms in total. The van der Waals surface area contributed by atoms with Gasteiger partial charge >= 0.3 is 5.69 Å². The molecule has 64 valence electrons. The fourth-order valence-electron chi connectivity index (χ4n) is 0.954. The van der Waals surface area contributed by atoms with Crippen molar-refractivity contribution < 1.29 is 9.31 Å². The maximum Gasteiger partial charge on any atom is 0.327 e. The van der Waals surface area contributed by atoms with E-state index in [2.05, 4.69) is 0 Å². The molecule has 0 heterocycles. The van der Waals surface area contributed by atoms with E-state index in [4.69, 9.17) is 5.73 Å². The number of rotatable bonds is 1. The molecule has 1 rings (SSSR count). The highest BCUT2D eigenvalue weighted by molar-refractivity contribution is 5.59. The Balaban J connectivity index is 3.38. The summed E-state index contributed by atoms with van der Waals surface area (Å²) in [5.74, 6) is -0.891. The number of hydrogen-bond donors (Lipinski definition) is 1. The average Bonchev–Trinajstić information content (AvgIpc) is 1.82. The van der Waals surface area contributed by atoms with Crippen LogP contribution in [0.5, 0.6) is 0 Å². The highest BCUT2D eigenvalue weighted by Crippen LogP contribution is 2.25. The summed E-state index contributed by atoms with van der Waals surface area (Å²) in [6.45, 7) is 1.61. The zero-order chi connectivity index (χ0) is 9.30. The maximum atomic E-state index is 12.8. The van der Waals surface area contributed by atoms with Crippen LogP contribution in [0.1, 0.15) is 5.56 Å². The molecule has 0 radical (unpaired) electrons. The van der Waals surface area contributed by atoms with E-state index in [1.54, 1.807) is 6.92 Å². The van der Waals surface area contributed by atoms with Gasteiger partial charge in [0.15, 0.2) is 0 Å². The van der Waals surface area contributed by atoms with Crippen LogP contribution < -0.4 is 5.73 Å². The molecule has 0 aliphatic carbocycles. The summed E-state index contributed by atoms with van der Waals surface area (Å²) < 4.78 is 12.8. The third-order valence-corrected chi connectivity index (χ3v) is 1.42. The minimum absolute atomic E-state index is 0.141. The van der Waals surface area contributed by atoms with Crippen molar-refractivity contribution in [3.63, 3.8) is 0 Å². The number of aryl methyl sites for hydroxylation is 1. The van der Waals surface area contributed by atoms with Crippen molar-refractivity contribution in [1.29, 1.82) is 0 Å². The van der Waals surface area contributed by atoms with Crippen LogP contribution in [0.2, 0.25) is 0 Å². The maximum absolute atomic E-state index is 12.8. The van der Waals surface area contributed by atoms with Crippen molar-refractivity contribution in [2.24, 2.45) is 0 Å². The minimum atomic E-state index is -0.891. The summed E-state index contributed by atoms with van der Waals surface area (Å²) >= 11 is 0. The predicted octanol–water partition coefficient (Wildman–Crippen LogP) is 1.62. The molecule has 2 N–H and O–H groups in total. The van der Waals surface area contributed by atoms with Gasteiger partial charge < -0.3 is 5.73 Å². The SMILES string of the molecule is Cc1cc(N)c([N+](=O)[O-])c(F)c1. The minimum Gasteiger partial charge on any atom is -0.393 e. The van der Waals surface area contributed by atoms with E-state index in [-0.39, 0.29) is 5.69 Å². The lowest BCUT2D eigenvalue weighted by molar-refractivity contribution is -0.386. The fourth-order valence-corrected chi connectivity index (χ4v) is 0.954. The normalized spacial score (nSPS) is 9.83. The summed E-state index contributed by atoms with van der Waals surface area (Å²) in [6.07, 6.45) is 0. The van der Waals surface area contributed by atoms with E-state index >= 15 is 0 Å². The molecule has 0 unspecified atom stereocenters. The molecule has 0 saturated carbocycles. The third-order valence-electron chi connectivity index (χ3n) is 1.42.